The van der Waals surface area contributed by atoms with Crippen LogP contribution < -0.4 is 9.64 Å². The molecule has 0 aliphatic heterocycles. The third kappa shape index (κ3) is 4.68. The molecule has 10 nitrogen and oxygen atoms in total. The van der Waals surface area contributed by atoms with Gasteiger partial charge < -0.3 is 25.0 Å². The molecule has 1 aromatic heterocycles. The first-order valence-electron chi connectivity index (χ1n) is 5.86. The van der Waals surface area contributed by atoms with Crippen molar-refractivity contribution in [1.82, 2.24) is 0 Å². The van der Waals surface area contributed by atoms with Gasteiger partial charge in [0, 0.05) is 5.56 Å². The zero-order valence-corrected chi connectivity index (χ0v) is 12.2. The van der Waals surface area contributed by atoms with Crippen LogP contribution in [0.15, 0.2) is 0 Å². The number of carboxylic acids is 3. The van der Waals surface area contributed by atoms with Gasteiger partial charge in [0.05, 0.1) is 12.0 Å². The maximum atomic E-state index is 10.9. The predicted octanol–water partition coefficient (Wildman–Crippen LogP) is -0.242. The molecule has 122 valence electrons. The van der Waals surface area contributed by atoms with E-state index in [1.165, 1.54) is 0 Å². The van der Waals surface area contributed by atoms with Crippen LogP contribution in [0.1, 0.15) is 11.1 Å². The normalized spacial score (nSPS) is 9.70. The number of nitrogens with zero attached hydrogens (tertiary/aromatic N) is 2. The molecule has 0 aliphatic carbocycles. The molecule has 0 spiro atoms. The van der Waals surface area contributed by atoms with Crippen molar-refractivity contribution in [3.8, 4) is 11.1 Å². The highest BCUT2D eigenvalue weighted by Gasteiger charge is 2.27. The highest BCUT2D eigenvalue weighted by atomic mass is 32.1. The summed E-state index contributed by atoms with van der Waals surface area (Å²) in [6.45, 7) is -1.43. The third-order valence-electron chi connectivity index (χ3n) is 2.49. The molecule has 0 unspecified atom stereocenters. The number of carbonyl (C=O) groups is 4. The number of hydrogen-bond donors (Lipinski definition) is 3. The van der Waals surface area contributed by atoms with Crippen LogP contribution in [0, 0.1) is 11.3 Å². The van der Waals surface area contributed by atoms with Gasteiger partial charge in [0.15, 0.2) is 5.06 Å². The van der Waals surface area contributed by atoms with Crippen LogP contribution in [0.4, 0.5) is 5.00 Å². The summed E-state index contributed by atoms with van der Waals surface area (Å²) in [6, 6.07) is 1.70. The predicted molar refractivity (Wildman–Crippen MR) is 74.6 cm³/mol. The van der Waals surface area contributed by atoms with E-state index >= 15 is 0 Å². The van der Waals surface area contributed by atoms with E-state index in [1.54, 1.807) is 6.07 Å². The van der Waals surface area contributed by atoms with E-state index in [1.807, 2.05) is 0 Å². The van der Waals surface area contributed by atoms with E-state index in [-0.39, 0.29) is 27.7 Å². The van der Waals surface area contributed by atoms with Crippen molar-refractivity contribution in [1.29, 1.82) is 5.26 Å². The highest BCUT2D eigenvalue weighted by molar-refractivity contribution is 7.18. The second kappa shape index (κ2) is 7.76. The average Bonchev–Trinajstić information content (AvgIpc) is 2.74. The number of ether oxygens (including phenoxy) is 1. The van der Waals surface area contributed by atoms with E-state index in [2.05, 4.69) is 4.74 Å². The number of carboxylic acid groups (broad SMARTS) is 3. The number of nitriles is 1. The summed E-state index contributed by atoms with van der Waals surface area (Å²) in [5.41, 5.74) is -0.357. The van der Waals surface area contributed by atoms with Crippen LogP contribution in [-0.4, -0.2) is 52.8 Å². The number of thiophene rings is 1. The largest absolute Gasteiger partial charge is 0.481 e. The molecule has 0 radical (unpaired) electrons. The molecular weight excluding hydrogens is 332 g/mol. The molecule has 0 atom stereocenters. The Bertz CT molecular complexity index is 674. The molecule has 1 rings (SSSR count). The molecule has 0 bridgehead atoms. The maximum absolute atomic E-state index is 10.9. The monoisotopic (exact) mass is 342 g/mol. The lowest BCUT2D eigenvalue weighted by molar-refractivity contribution is -0.137. The first-order valence-corrected chi connectivity index (χ1v) is 6.68. The fourth-order valence-electron chi connectivity index (χ4n) is 1.75. The minimum atomic E-state index is -1.35. The van der Waals surface area contributed by atoms with Crippen molar-refractivity contribution in [3.05, 3.63) is 11.1 Å². The fourth-order valence-corrected chi connectivity index (χ4v) is 2.84. The van der Waals surface area contributed by atoms with Crippen LogP contribution in [0.3, 0.4) is 0 Å². The summed E-state index contributed by atoms with van der Waals surface area (Å²) >= 11 is 0.629. The number of hydrogen-bond acceptors (Lipinski definition) is 8. The molecule has 0 amide bonds. The first kappa shape index (κ1) is 17.9. The zero-order chi connectivity index (χ0) is 17.6. The van der Waals surface area contributed by atoms with E-state index < -0.39 is 37.4 Å². The molecule has 0 aromatic carbocycles. The zero-order valence-electron chi connectivity index (χ0n) is 11.4. The molecular formula is C12H10N2O8S. The average molecular weight is 342 g/mol. The summed E-state index contributed by atoms with van der Waals surface area (Å²) in [7, 11) is 0. The molecule has 0 fully saturated rings. The second-order valence-electron chi connectivity index (χ2n) is 4.09. The van der Waals surface area contributed by atoms with E-state index in [0.29, 0.717) is 11.3 Å². The Hall–Kier alpha value is -3.13. The molecule has 23 heavy (non-hydrogen) atoms. The van der Waals surface area contributed by atoms with Crippen molar-refractivity contribution in [3.63, 3.8) is 0 Å². The molecule has 11 heteroatoms. The van der Waals surface area contributed by atoms with Gasteiger partial charge in [-0.15, -0.1) is 0 Å². The molecule has 0 aliphatic rings. The minimum Gasteiger partial charge on any atom is -0.481 e. The molecule has 1 heterocycles. The van der Waals surface area contributed by atoms with Crippen molar-refractivity contribution in [2.75, 3.05) is 18.0 Å². The smallest absolute Gasteiger partial charge is 0.323 e. The van der Waals surface area contributed by atoms with Crippen LogP contribution >= 0.6 is 11.3 Å². The lowest BCUT2D eigenvalue weighted by atomic mass is 10.1. The Morgan fingerprint density at radius 1 is 1.17 bits per heavy atom. The first-order chi connectivity index (χ1) is 10.8. The van der Waals surface area contributed by atoms with Crippen LogP contribution in [-0.2, 0) is 25.6 Å². The summed E-state index contributed by atoms with van der Waals surface area (Å²) in [6.07, 6.45) is -0.642. The van der Waals surface area contributed by atoms with Gasteiger partial charge in [-0.25, -0.2) is 0 Å². The van der Waals surface area contributed by atoms with E-state index in [9.17, 15) is 24.4 Å². The standard InChI is InChI=1S/C12H10N2O8S/c13-2-7-6(1-8(16)17)12(22-5-15)23-11(7)14(3-9(18)19)4-10(20)21/h5H,1,3-4H2,(H,16,17)(H,18,19)(H,20,21). The van der Waals surface area contributed by atoms with Gasteiger partial charge in [-0.1, -0.05) is 11.3 Å². The van der Waals surface area contributed by atoms with Crippen LogP contribution in [0.25, 0.3) is 0 Å². The SMILES string of the molecule is N#Cc1c(N(CC(=O)O)CC(=O)O)sc(OC=O)c1CC(=O)O. The van der Waals surface area contributed by atoms with Gasteiger partial charge in [-0.2, -0.15) is 5.26 Å². The lowest BCUT2D eigenvalue weighted by Crippen LogP contribution is -2.34. The topological polar surface area (TPSA) is 165 Å². The van der Waals surface area contributed by atoms with Gasteiger partial charge in [0.25, 0.3) is 6.47 Å². The number of carbonyl (C=O) groups excluding carboxylic acids is 1. The summed E-state index contributed by atoms with van der Waals surface area (Å²) < 4.78 is 4.62. The molecule has 0 saturated carbocycles. The quantitative estimate of drug-likeness (QED) is 0.510. The van der Waals surface area contributed by atoms with Crippen molar-refractivity contribution in [2.24, 2.45) is 0 Å². The molecule has 1 aromatic rings. The van der Waals surface area contributed by atoms with Gasteiger partial charge >= 0.3 is 17.9 Å². The van der Waals surface area contributed by atoms with Crippen molar-refractivity contribution < 1.29 is 39.2 Å². The van der Waals surface area contributed by atoms with E-state index in [4.69, 9.17) is 15.3 Å². The Labute approximate surface area is 132 Å². The number of anilines is 1. The van der Waals surface area contributed by atoms with Crippen LogP contribution in [0.5, 0.6) is 5.06 Å². The third-order valence-corrected chi connectivity index (χ3v) is 3.67. The fraction of sp³-hybridized carbons (Fsp3) is 0.250. The summed E-state index contributed by atoms with van der Waals surface area (Å²) in [4.78, 5) is 44.0. The minimum absolute atomic E-state index is 0.0286. The van der Waals surface area contributed by atoms with Gasteiger partial charge in [-0.3, -0.25) is 19.2 Å². The van der Waals surface area contributed by atoms with Crippen molar-refractivity contribution >= 4 is 40.7 Å². The maximum Gasteiger partial charge on any atom is 0.323 e. The number of rotatable bonds is 9. The lowest BCUT2D eigenvalue weighted by Gasteiger charge is -2.18. The van der Waals surface area contributed by atoms with Crippen molar-refractivity contribution in [2.45, 2.75) is 6.42 Å². The Kier molecular flexibility index (Phi) is 6.04. The highest BCUT2D eigenvalue weighted by Crippen LogP contribution is 2.41. The van der Waals surface area contributed by atoms with Gasteiger partial charge in [-0.05, 0) is 0 Å². The molecule has 3 N–H and O–H groups in total. The van der Waals surface area contributed by atoms with Crippen LogP contribution in [0.2, 0.25) is 0 Å². The Morgan fingerprint density at radius 3 is 2.13 bits per heavy atom. The second-order valence-corrected chi connectivity index (χ2v) is 5.05. The summed E-state index contributed by atoms with van der Waals surface area (Å²) in [5, 5.41) is 35.5. The Morgan fingerprint density at radius 2 is 1.74 bits per heavy atom. The molecule has 0 saturated heterocycles. The van der Waals surface area contributed by atoms with Gasteiger partial charge in [0.2, 0.25) is 0 Å². The Balaban J connectivity index is 3.44. The van der Waals surface area contributed by atoms with Gasteiger partial charge in [0.1, 0.15) is 24.2 Å². The summed E-state index contributed by atoms with van der Waals surface area (Å²) in [5.74, 6) is -3.99. The number of aliphatic carboxylic acids is 3. The van der Waals surface area contributed by atoms with E-state index in [0.717, 1.165) is 4.90 Å².